The maximum absolute atomic E-state index is 14.3. The fourth-order valence-electron chi connectivity index (χ4n) is 7.67. The van der Waals surface area contributed by atoms with Gasteiger partial charge in [-0.25, -0.2) is 9.59 Å². The summed E-state index contributed by atoms with van der Waals surface area (Å²) in [6.07, 6.45) is 0.285. The Hall–Kier alpha value is -5.38. The lowest BCUT2D eigenvalue weighted by atomic mass is 10.1. The number of amides is 3. The molecule has 1 saturated heterocycles. The van der Waals surface area contributed by atoms with E-state index >= 15 is 0 Å². The molecule has 76 heavy (non-hydrogen) atoms. The highest BCUT2D eigenvalue weighted by Crippen LogP contribution is 2.18. The van der Waals surface area contributed by atoms with Crippen LogP contribution in [-0.2, 0) is 68.6 Å². The molecule has 2 rings (SSSR count). The van der Waals surface area contributed by atoms with Gasteiger partial charge in [-0.3, -0.25) is 48.4 Å². The predicted molar refractivity (Wildman–Crippen MR) is 287 cm³/mol. The van der Waals surface area contributed by atoms with E-state index in [1.54, 1.807) is 104 Å². The Morgan fingerprint density at radius 3 is 1.36 bits per heavy atom. The molecule has 21 heteroatoms. The van der Waals surface area contributed by atoms with Crippen molar-refractivity contribution in [3.8, 4) is 0 Å². The van der Waals surface area contributed by atoms with E-state index in [9.17, 15) is 38.4 Å². The predicted octanol–water partition coefficient (Wildman–Crippen LogP) is 4.76. The van der Waals surface area contributed by atoms with Crippen molar-refractivity contribution in [3.05, 3.63) is 35.9 Å². The molecule has 0 saturated carbocycles. The smallest absolute Gasteiger partial charge is 0.407 e. The molecule has 1 heterocycles. The average molecular weight is 1080 g/mol. The van der Waals surface area contributed by atoms with E-state index in [1.807, 2.05) is 49.9 Å². The number of esters is 5. The summed E-state index contributed by atoms with van der Waals surface area (Å²) >= 11 is 0. The van der Waals surface area contributed by atoms with Crippen LogP contribution >= 0.6 is 0 Å². The van der Waals surface area contributed by atoms with E-state index in [4.69, 9.17) is 28.4 Å². The third-order valence-electron chi connectivity index (χ3n) is 10.8. The van der Waals surface area contributed by atoms with Gasteiger partial charge in [0.2, 0.25) is 11.8 Å². The molecular weight excluding hydrogens is 983 g/mol. The molecule has 1 fully saturated rings. The van der Waals surface area contributed by atoms with Gasteiger partial charge >= 0.3 is 35.9 Å². The van der Waals surface area contributed by atoms with Gasteiger partial charge in [0.25, 0.3) is 0 Å². The van der Waals surface area contributed by atoms with Crippen LogP contribution in [0.3, 0.4) is 0 Å². The molecule has 1 aromatic carbocycles. The number of alkyl carbamates (subject to hydrolysis) is 1. The van der Waals surface area contributed by atoms with Gasteiger partial charge in [-0.1, -0.05) is 30.3 Å². The number of hydrogen-bond acceptors (Lipinski definition) is 18. The van der Waals surface area contributed by atoms with Crippen molar-refractivity contribution in [2.45, 2.75) is 183 Å². The van der Waals surface area contributed by atoms with Crippen LogP contribution in [0, 0.1) is 0 Å². The summed E-state index contributed by atoms with van der Waals surface area (Å²) in [5.74, 6) is -3.76. The molecule has 3 N–H and O–H groups in total. The van der Waals surface area contributed by atoms with Crippen LogP contribution in [0.5, 0.6) is 0 Å². The van der Waals surface area contributed by atoms with Crippen molar-refractivity contribution < 1.29 is 66.8 Å². The van der Waals surface area contributed by atoms with Gasteiger partial charge in [0, 0.05) is 65.3 Å². The van der Waals surface area contributed by atoms with Gasteiger partial charge in [0.05, 0.1) is 26.2 Å². The minimum absolute atomic E-state index is 0.0292. The SMILES string of the molecule is CC(C)(C)OC(=O)CN1CCN(CC(=O)OC(C)(C)C)CCN(C(CCC(=O)NCC(=O)NC(CCCCNC(=O)OCc2ccccc2)C(=O)OC(C)(C)C)C(=O)OC(C)(C)C)CCN(CC(=O)OC(C)(C)C)CC1. The zero-order valence-electron chi connectivity index (χ0n) is 48.5. The summed E-state index contributed by atoms with van der Waals surface area (Å²) in [4.78, 5) is 114. The first-order valence-electron chi connectivity index (χ1n) is 26.6. The average Bonchev–Trinajstić information content (AvgIpc) is 3.24. The molecule has 0 spiro atoms. The second kappa shape index (κ2) is 31.1. The quantitative estimate of drug-likeness (QED) is 0.0805. The van der Waals surface area contributed by atoms with Crippen molar-refractivity contribution >= 4 is 47.8 Å². The first-order chi connectivity index (χ1) is 35.0. The summed E-state index contributed by atoms with van der Waals surface area (Å²) < 4.78 is 33.9. The van der Waals surface area contributed by atoms with Crippen LogP contribution in [0.2, 0.25) is 0 Å². The largest absolute Gasteiger partial charge is 0.459 e. The number of carbonyl (C=O) groups excluding carboxylic acids is 8. The van der Waals surface area contributed by atoms with Gasteiger partial charge < -0.3 is 44.4 Å². The molecule has 0 aliphatic carbocycles. The van der Waals surface area contributed by atoms with Crippen molar-refractivity contribution in [2.75, 3.05) is 85.1 Å². The van der Waals surface area contributed by atoms with E-state index in [0.717, 1.165) is 5.56 Å². The van der Waals surface area contributed by atoms with Crippen LogP contribution in [-0.4, -0.2) is 193 Å². The van der Waals surface area contributed by atoms with Crippen LogP contribution in [0.4, 0.5) is 4.79 Å². The number of carbonyl (C=O) groups is 8. The molecule has 1 aliphatic rings. The molecule has 0 aromatic heterocycles. The minimum Gasteiger partial charge on any atom is -0.459 e. The highest BCUT2D eigenvalue weighted by Gasteiger charge is 2.34. The van der Waals surface area contributed by atoms with E-state index in [-0.39, 0.29) is 78.2 Å². The lowest BCUT2D eigenvalue weighted by molar-refractivity contribution is -0.163. The van der Waals surface area contributed by atoms with Gasteiger partial charge in [0.15, 0.2) is 0 Å². The highest BCUT2D eigenvalue weighted by molar-refractivity contribution is 5.88. The van der Waals surface area contributed by atoms with Crippen LogP contribution in [0.15, 0.2) is 30.3 Å². The summed E-state index contributed by atoms with van der Waals surface area (Å²) in [5, 5.41) is 7.99. The number of nitrogens with zero attached hydrogens (tertiary/aromatic N) is 4. The molecule has 2 unspecified atom stereocenters. The molecule has 0 radical (unpaired) electrons. The first-order valence-corrected chi connectivity index (χ1v) is 26.6. The lowest BCUT2D eigenvalue weighted by Crippen LogP contribution is -2.53. The minimum atomic E-state index is -1.04. The zero-order chi connectivity index (χ0) is 57.5. The molecule has 0 bridgehead atoms. The number of unbranched alkanes of at least 4 members (excludes halogenated alkanes) is 1. The Balaban J connectivity index is 2.32. The summed E-state index contributed by atoms with van der Waals surface area (Å²) in [5.41, 5.74) is -3.11. The van der Waals surface area contributed by atoms with Gasteiger partial charge in [0.1, 0.15) is 46.7 Å². The third-order valence-corrected chi connectivity index (χ3v) is 10.8. The van der Waals surface area contributed by atoms with E-state index in [0.29, 0.717) is 39.0 Å². The maximum Gasteiger partial charge on any atom is 0.407 e. The van der Waals surface area contributed by atoms with Gasteiger partial charge in [-0.15, -0.1) is 0 Å². The Morgan fingerprint density at radius 1 is 0.500 bits per heavy atom. The fraction of sp³-hybridized carbons (Fsp3) is 0.745. The normalized spacial score (nSPS) is 16.1. The third kappa shape index (κ3) is 32.3. The number of hydrogen-bond donors (Lipinski definition) is 3. The molecular formula is C55H93N7O14. The van der Waals surface area contributed by atoms with Crippen LogP contribution in [0.25, 0.3) is 0 Å². The van der Waals surface area contributed by atoms with Crippen LogP contribution in [0.1, 0.15) is 142 Å². The van der Waals surface area contributed by atoms with E-state index < -0.39 is 94.4 Å². The molecule has 2 atom stereocenters. The molecule has 1 aromatic rings. The molecule has 21 nitrogen and oxygen atoms in total. The summed E-state index contributed by atoms with van der Waals surface area (Å²) in [7, 11) is 0. The first kappa shape index (κ1) is 66.7. The highest BCUT2D eigenvalue weighted by atomic mass is 16.6. The Morgan fingerprint density at radius 2 is 0.921 bits per heavy atom. The molecule has 1 aliphatic heterocycles. The summed E-state index contributed by atoms with van der Waals surface area (Å²) in [6, 6.07) is 7.22. The van der Waals surface area contributed by atoms with E-state index in [2.05, 4.69) is 16.0 Å². The number of benzene rings is 1. The number of ether oxygens (including phenoxy) is 6. The monoisotopic (exact) mass is 1080 g/mol. The van der Waals surface area contributed by atoms with Gasteiger partial charge in [-0.2, -0.15) is 0 Å². The van der Waals surface area contributed by atoms with Crippen LogP contribution < -0.4 is 16.0 Å². The topological polar surface area (TPSA) is 241 Å². The van der Waals surface area contributed by atoms with E-state index in [1.165, 1.54) is 0 Å². The standard InChI is InChI=1S/C55H93N7O14/c1-51(2,3)72-45(65)36-59-27-29-60(37-46(66)73-52(4,5)6)31-33-62(34-32-61(30-28-59)38-47(67)74-53(7,8)9)42(49(69)76-55(13,14)15)24-25-43(63)57-35-44(64)58-41(48(68)75-54(10,11)12)23-19-20-26-56-50(70)71-39-40-21-17-16-18-22-40/h16-18,21-22,41-42H,19-20,23-39H2,1-15H3,(H,56,70)(H,57,63)(H,58,64). The lowest BCUT2D eigenvalue weighted by Gasteiger charge is -2.37. The number of rotatable bonds is 22. The second-order valence-electron chi connectivity index (χ2n) is 24.1. The van der Waals surface area contributed by atoms with Gasteiger partial charge in [-0.05, 0) is 135 Å². The Kier molecular flexibility index (Phi) is 27.3. The molecule has 3 amide bonds. The zero-order valence-corrected chi connectivity index (χ0v) is 48.5. The second-order valence-corrected chi connectivity index (χ2v) is 24.1. The maximum atomic E-state index is 14.3. The van der Waals surface area contributed by atoms with Crippen molar-refractivity contribution in [1.29, 1.82) is 0 Å². The van der Waals surface area contributed by atoms with Crippen molar-refractivity contribution in [2.24, 2.45) is 0 Å². The van der Waals surface area contributed by atoms with Crippen molar-refractivity contribution in [1.82, 2.24) is 35.6 Å². The Bertz CT molecular complexity index is 1970. The number of nitrogens with one attached hydrogen (secondary N) is 3. The summed E-state index contributed by atoms with van der Waals surface area (Å²) in [6.45, 7) is 28.4. The Labute approximate surface area is 452 Å². The molecule has 432 valence electrons. The van der Waals surface area contributed by atoms with Crippen molar-refractivity contribution in [3.63, 3.8) is 0 Å². The fourth-order valence-corrected chi connectivity index (χ4v) is 7.67.